The van der Waals surface area contributed by atoms with Gasteiger partial charge in [-0.2, -0.15) is 0 Å². The monoisotopic (exact) mass is 241 g/mol. The Hall–Kier alpha value is -0.760. The highest BCUT2D eigenvalue weighted by atomic mass is 35.5. The number of alkyl halides is 1. The molecule has 1 aliphatic heterocycles. The van der Waals surface area contributed by atoms with Crippen molar-refractivity contribution in [2.24, 2.45) is 5.92 Å². The summed E-state index contributed by atoms with van der Waals surface area (Å²) in [6.45, 7) is 4.12. The molecule has 1 saturated heterocycles. The molecule has 1 aliphatic rings. The molecule has 16 heavy (non-hydrogen) atoms. The van der Waals surface area contributed by atoms with Crippen molar-refractivity contribution >= 4 is 17.3 Å². The number of nitrogens with zero attached hydrogens (tertiary/aromatic N) is 1. The van der Waals surface area contributed by atoms with Crippen LogP contribution >= 0.6 is 11.6 Å². The number of anilines is 1. The lowest BCUT2D eigenvalue weighted by Crippen LogP contribution is -2.34. The minimum Gasteiger partial charge on any atom is -0.369 e. The van der Waals surface area contributed by atoms with Crippen LogP contribution < -0.4 is 4.90 Å². The molecule has 0 aliphatic carbocycles. The van der Waals surface area contributed by atoms with Crippen molar-refractivity contribution in [2.75, 3.05) is 18.0 Å². The second kappa shape index (κ2) is 5.05. The number of halogens is 2. The average Bonchev–Trinajstić information content (AvgIpc) is 2.30. The zero-order valence-electron chi connectivity index (χ0n) is 9.55. The Morgan fingerprint density at radius 3 is 2.69 bits per heavy atom. The largest absolute Gasteiger partial charge is 0.369 e. The number of benzene rings is 1. The molecule has 0 bridgehead atoms. The number of rotatable bonds is 2. The fourth-order valence-electron chi connectivity index (χ4n) is 2.25. The first-order valence-corrected chi connectivity index (χ1v) is 6.34. The molecule has 0 unspecified atom stereocenters. The maximum atomic E-state index is 13.8. The first-order chi connectivity index (χ1) is 7.72. The summed E-state index contributed by atoms with van der Waals surface area (Å²) in [6.07, 6.45) is 2.27. The maximum Gasteiger partial charge on any atom is 0.146 e. The minimum absolute atomic E-state index is 0.146. The third-order valence-electron chi connectivity index (χ3n) is 3.31. The lowest BCUT2D eigenvalue weighted by molar-refractivity contribution is 0.434. The molecule has 1 fully saturated rings. The van der Waals surface area contributed by atoms with Crippen LogP contribution in [0.15, 0.2) is 18.2 Å². The third kappa shape index (κ3) is 2.32. The van der Waals surface area contributed by atoms with Crippen molar-refractivity contribution < 1.29 is 4.39 Å². The Labute approximate surface area is 101 Å². The van der Waals surface area contributed by atoms with Gasteiger partial charge in [0.2, 0.25) is 0 Å². The van der Waals surface area contributed by atoms with E-state index in [2.05, 4.69) is 11.8 Å². The zero-order valence-corrected chi connectivity index (χ0v) is 10.3. The van der Waals surface area contributed by atoms with Gasteiger partial charge >= 0.3 is 0 Å². The molecule has 1 heterocycles. The summed E-state index contributed by atoms with van der Waals surface area (Å²) in [5, 5.41) is 0. The van der Waals surface area contributed by atoms with Crippen molar-refractivity contribution in [3.63, 3.8) is 0 Å². The molecule has 0 saturated carbocycles. The maximum absolute atomic E-state index is 13.8. The number of para-hydroxylation sites is 1. The lowest BCUT2D eigenvalue weighted by atomic mass is 9.98. The van der Waals surface area contributed by atoms with Gasteiger partial charge in [0.05, 0.1) is 5.69 Å². The van der Waals surface area contributed by atoms with Crippen LogP contribution in [0.5, 0.6) is 0 Å². The van der Waals surface area contributed by atoms with E-state index in [0.717, 1.165) is 37.4 Å². The van der Waals surface area contributed by atoms with Gasteiger partial charge in [-0.15, -0.1) is 11.6 Å². The first-order valence-electron chi connectivity index (χ1n) is 5.80. The highest BCUT2D eigenvalue weighted by molar-refractivity contribution is 6.17. The number of piperidine rings is 1. The van der Waals surface area contributed by atoms with Crippen molar-refractivity contribution in [2.45, 2.75) is 25.6 Å². The summed E-state index contributed by atoms with van der Waals surface area (Å²) >= 11 is 5.86. The fourth-order valence-corrected chi connectivity index (χ4v) is 2.47. The third-order valence-corrected chi connectivity index (χ3v) is 3.60. The van der Waals surface area contributed by atoms with E-state index in [1.54, 1.807) is 6.07 Å². The van der Waals surface area contributed by atoms with E-state index < -0.39 is 0 Å². The normalized spacial score (nSPS) is 17.8. The summed E-state index contributed by atoms with van der Waals surface area (Å²) in [6, 6.07) is 5.15. The fraction of sp³-hybridized carbons (Fsp3) is 0.538. The van der Waals surface area contributed by atoms with E-state index in [4.69, 9.17) is 11.6 Å². The number of hydrogen-bond donors (Lipinski definition) is 0. The predicted molar refractivity (Wildman–Crippen MR) is 66.6 cm³/mol. The molecule has 1 nitrogen and oxygen atoms in total. The summed E-state index contributed by atoms with van der Waals surface area (Å²) in [4.78, 5) is 2.13. The van der Waals surface area contributed by atoms with Crippen molar-refractivity contribution in [1.82, 2.24) is 0 Å². The molecule has 0 spiro atoms. The van der Waals surface area contributed by atoms with Gasteiger partial charge in [-0.1, -0.05) is 19.1 Å². The molecular weight excluding hydrogens is 225 g/mol. The van der Waals surface area contributed by atoms with Crippen LogP contribution in [0.2, 0.25) is 0 Å². The Morgan fingerprint density at radius 1 is 1.38 bits per heavy atom. The van der Waals surface area contributed by atoms with Gasteiger partial charge in [0.15, 0.2) is 0 Å². The standard InChI is InChI=1S/C13H17ClFN/c1-10-5-7-16(8-6-10)13-11(9-14)3-2-4-12(13)15/h2-4,10H,5-9H2,1H3. The van der Waals surface area contributed by atoms with E-state index >= 15 is 0 Å². The molecule has 88 valence electrons. The molecule has 0 atom stereocenters. The first kappa shape index (κ1) is 11.7. The zero-order chi connectivity index (χ0) is 11.5. The van der Waals surface area contributed by atoms with Gasteiger partial charge in [0, 0.05) is 19.0 Å². The van der Waals surface area contributed by atoms with E-state index in [1.165, 1.54) is 6.07 Å². The molecule has 0 amide bonds. The second-order valence-corrected chi connectivity index (χ2v) is 4.82. The molecule has 0 radical (unpaired) electrons. The van der Waals surface area contributed by atoms with E-state index in [9.17, 15) is 4.39 Å². The van der Waals surface area contributed by atoms with Gasteiger partial charge in [-0.3, -0.25) is 0 Å². The molecule has 1 aromatic carbocycles. The van der Waals surface area contributed by atoms with Crippen molar-refractivity contribution in [1.29, 1.82) is 0 Å². The Morgan fingerprint density at radius 2 is 2.06 bits per heavy atom. The van der Waals surface area contributed by atoms with Gasteiger partial charge < -0.3 is 4.90 Å². The van der Waals surface area contributed by atoms with Crippen molar-refractivity contribution in [3.8, 4) is 0 Å². The molecule has 2 rings (SSSR count). The lowest BCUT2D eigenvalue weighted by Gasteiger charge is -2.33. The van der Waals surface area contributed by atoms with Crippen molar-refractivity contribution in [3.05, 3.63) is 29.6 Å². The average molecular weight is 242 g/mol. The van der Waals surface area contributed by atoms with Crippen LogP contribution in [0.1, 0.15) is 25.3 Å². The smallest absolute Gasteiger partial charge is 0.146 e. The van der Waals surface area contributed by atoms with Crippen LogP contribution in [0.25, 0.3) is 0 Å². The summed E-state index contributed by atoms with van der Waals surface area (Å²) < 4.78 is 13.8. The van der Waals surface area contributed by atoms with E-state index in [0.29, 0.717) is 11.6 Å². The van der Waals surface area contributed by atoms with Gasteiger partial charge in [0.25, 0.3) is 0 Å². The predicted octanol–water partition coefficient (Wildman–Crippen LogP) is 3.80. The molecule has 0 N–H and O–H groups in total. The van der Waals surface area contributed by atoms with Crippen LogP contribution in [0.4, 0.5) is 10.1 Å². The quantitative estimate of drug-likeness (QED) is 0.712. The van der Waals surface area contributed by atoms with Crippen LogP contribution in [-0.4, -0.2) is 13.1 Å². The topological polar surface area (TPSA) is 3.24 Å². The Balaban J connectivity index is 2.25. The summed E-state index contributed by atoms with van der Waals surface area (Å²) in [5.74, 6) is 0.981. The second-order valence-electron chi connectivity index (χ2n) is 4.55. The molecule has 1 aromatic rings. The van der Waals surface area contributed by atoms with Gasteiger partial charge in [-0.05, 0) is 30.4 Å². The van der Waals surface area contributed by atoms with E-state index in [-0.39, 0.29) is 5.82 Å². The molecule has 0 aromatic heterocycles. The van der Waals surface area contributed by atoms with Crippen LogP contribution in [-0.2, 0) is 5.88 Å². The summed E-state index contributed by atoms with van der Waals surface area (Å²) in [5.41, 5.74) is 1.61. The highest BCUT2D eigenvalue weighted by Gasteiger charge is 2.20. The Kier molecular flexibility index (Phi) is 3.70. The highest BCUT2D eigenvalue weighted by Crippen LogP contribution is 2.29. The van der Waals surface area contributed by atoms with Crippen LogP contribution in [0.3, 0.4) is 0 Å². The Bertz CT molecular complexity index is 359. The van der Waals surface area contributed by atoms with Crippen LogP contribution in [0, 0.1) is 11.7 Å². The number of hydrogen-bond acceptors (Lipinski definition) is 1. The molecular formula is C13H17ClFN. The SMILES string of the molecule is CC1CCN(c2c(F)cccc2CCl)CC1. The van der Waals surface area contributed by atoms with Gasteiger partial charge in [-0.25, -0.2) is 4.39 Å². The van der Waals surface area contributed by atoms with E-state index in [1.807, 2.05) is 6.07 Å². The van der Waals surface area contributed by atoms with Gasteiger partial charge in [0.1, 0.15) is 5.82 Å². The minimum atomic E-state index is -0.146. The molecule has 3 heteroatoms. The summed E-state index contributed by atoms with van der Waals surface area (Å²) in [7, 11) is 0.